The van der Waals surface area contributed by atoms with Gasteiger partial charge in [-0.05, 0) is 24.6 Å². The number of hydrogen-bond donors (Lipinski definition) is 0. The molecule has 2 rings (SSSR count). The maximum atomic E-state index is 11.4. The van der Waals surface area contributed by atoms with Crippen molar-refractivity contribution in [3.8, 4) is 0 Å². The molecule has 1 aromatic heterocycles. The fraction of sp³-hybridized carbons (Fsp3) is 0.500. The highest BCUT2D eigenvalue weighted by Gasteiger charge is 2.21. The van der Waals surface area contributed by atoms with Crippen molar-refractivity contribution in [3.63, 3.8) is 0 Å². The molecule has 0 N–H and O–H groups in total. The van der Waals surface area contributed by atoms with Crippen molar-refractivity contribution in [1.82, 2.24) is 0 Å². The molecule has 0 aliphatic carbocycles. The number of esters is 1. The highest BCUT2D eigenvalue weighted by Crippen LogP contribution is 2.25. The van der Waals surface area contributed by atoms with Crippen LogP contribution >= 0.6 is 0 Å². The first-order valence-corrected chi connectivity index (χ1v) is 6.47. The molecule has 1 aromatic rings. The topological polar surface area (TPSA) is 57.9 Å². The van der Waals surface area contributed by atoms with Crippen LogP contribution in [-0.2, 0) is 19.0 Å². The van der Waals surface area contributed by atoms with Crippen LogP contribution in [0.5, 0.6) is 0 Å². The van der Waals surface area contributed by atoms with E-state index in [1.54, 1.807) is 18.2 Å². The van der Waals surface area contributed by atoms with E-state index in [4.69, 9.17) is 18.6 Å². The van der Waals surface area contributed by atoms with E-state index in [0.29, 0.717) is 31.3 Å². The van der Waals surface area contributed by atoms with Crippen LogP contribution in [-0.4, -0.2) is 25.8 Å². The minimum Gasteiger partial charge on any atom is -0.463 e. The normalized spacial score (nSPS) is 16.3. The molecule has 1 saturated heterocycles. The molecule has 0 saturated carbocycles. The molecule has 0 spiro atoms. The standard InChI is InChI=1S/C14H18O5/c1-2-3-8-16-13(15)7-5-11-4-6-12(19-11)14-17-9-10-18-14/h4-7,14H,2-3,8-10H2,1H3/b7-5+. The summed E-state index contributed by atoms with van der Waals surface area (Å²) in [6.45, 7) is 3.63. The summed E-state index contributed by atoms with van der Waals surface area (Å²) in [6.07, 6.45) is 4.38. The predicted molar refractivity (Wildman–Crippen MR) is 68.3 cm³/mol. The van der Waals surface area contributed by atoms with Crippen molar-refractivity contribution in [3.05, 3.63) is 29.7 Å². The summed E-state index contributed by atoms with van der Waals surface area (Å²) in [4.78, 5) is 11.4. The van der Waals surface area contributed by atoms with Gasteiger partial charge in [-0.3, -0.25) is 0 Å². The largest absolute Gasteiger partial charge is 0.463 e. The van der Waals surface area contributed by atoms with Gasteiger partial charge in [0.25, 0.3) is 0 Å². The average molecular weight is 266 g/mol. The van der Waals surface area contributed by atoms with Gasteiger partial charge in [-0.25, -0.2) is 4.79 Å². The molecular formula is C14H18O5. The number of carbonyl (C=O) groups excluding carboxylic acids is 1. The number of carbonyl (C=O) groups is 1. The third-order valence-electron chi connectivity index (χ3n) is 2.63. The summed E-state index contributed by atoms with van der Waals surface area (Å²) in [5, 5.41) is 0. The Balaban J connectivity index is 1.83. The van der Waals surface area contributed by atoms with E-state index >= 15 is 0 Å². The van der Waals surface area contributed by atoms with E-state index in [2.05, 4.69) is 0 Å². The van der Waals surface area contributed by atoms with Crippen LogP contribution in [0.4, 0.5) is 0 Å². The summed E-state index contributed by atoms with van der Waals surface area (Å²) in [5.41, 5.74) is 0. The maximum absolute atomic E-state index is 11.4. The van der Waals surface area contributed by atoms with Gasteiger partial charge in [-0.2, -0.15) is 0 Å². The van der Waals surface area contributed by atoms with E-state index in [1.165, 1.54) is 6.08 Å². The van der Waals surface area contributed by atoms with Crippen LogP contribution < -0.4 is 0 Å². The molecule has 0 unspecified atom stereocenters. The first kappa shape index (κ1) is 13.8. The monoisotopic (exact) mass is 266 g/mol. The highest BCUT2D eigenvalue weighted by molar-refractivity contribution is 5.86. The third-order valence-corrected chi connectivity index (χ3v) is 2.63. The lowest BCUT2D eigenvalue weighted by atomic mass is 10.3. The molecule has 5 nitrogen and oxygen atoms in total. The molecular weight excluding hydrogens is 248 g/mol. The van der Waals surface area contributed by atoms with Crippen molar-refractivity contribution < 1.29 is 23.4 Å². The van der Waals surface area contributed by atoms with E-state index < -0.39 is 6.29 Å². The van der Waals surface area contributed by atoms with Crippen LogP contribution in [0, 0.1) is 0 Å². The minimum absolute atomic E-state index is 0.361. The molecule has 1 aliphatic heterocycles. The lowest BCUT2D eigenvalue weighted by Crippen LogP contribution is -2.01. The van der Waals surface area contributed by atoms with Gasteiger partial charge in [0.05, 0.1) is 19.8 Å². The molecule has 1 fully saturated rings. The summed E-state index contributed by atoms with van der Waals surface area (Å²) < 4.78 is 21.1. The zero-order valence-electron chi connectivity index (χ0n) is 11.0. The van der Waals surface area contributed by atoms with Gasteiger partial charge in [-0.15, -0.1) is 0 Å². The predicted octanol–water partition coefficient (Wildman–Crippen LogP) is 2.68. The Bertz CT molecular complexity index is 429. The first-order chi connectivity index (χ1) is 9.29. The number of unbranched alkanes of at least 4 members (excludes halogenated alkanes) is 1. The van der Waals surface area contributed by atoms with E-state index in [-0.39, 0.29) is 5.97 Å². The molecule has 0 atom stereocenters. The number of hydrogen-bond acceptors (Lipinski definition) is 5. The minimum atomic E-state index is -0.432. The Morgan fingerprint density at radius 1 is 1.42 bits per heavy atom. The third kappa shape index (κ3) is 4.22. The second-order valence-corrected chi connectivity index (χ2v) is 4.17. The molecule has 5 heteroatoms. The first-order valence-electron chi connectivity index (χ1n) is 6.47. The van der Waals surface area contributed by atoms with Crippen molar-refractivity contribution in [2.24, 2.45) is 0 Å². The van der Waals surface area contributed by atoms with Crippen LogP contribution in [0.25, 0.3) is 6.08 Å². The molecule has 0 aromatic carbocycles. The van der Waals surface area contributed by atoms with E-state index in [9.17, 15) is 4.79 Å². The maximum Gasteiger partial charge on any atom is 0.330 e. The summed E-state index contributed by atoms with van der Waals surface area (Å²) in [5.74, 6) is 0.817. The second kappa shape index (κ2) is 7.11. The Morgan fingerprint density at radius 3 is 2.95 bits per heavy atom. The molecule has 1 aliphatic rings. The molecule has 104 valence electrons. The molecule has 0 amide bonds. The van der Waals surface area contributed by atoms with Crippen molar-refractivity contribution in [2.45, 2.75) is 26.1 Å². The Kier molecular flexibility index (Phi) is 5.18. The Labute approximate surface area is 112 Å². The average Bonchev–Trinajstić information content (AvgIpc) is 3.07. The van der Waals surface area contributed by atoms with Crippen molar-refractivity contribution in [2.75, 3.05) is 19.8 Å². The summed E-state index contributed by atoms with van der Waals surface area (Å²) in [7, 11) is 0. The second-order valence-electron chi connectivity index (χ2n) is 4.17. The van der Waals surface area contributed by atoms with Gasteiger partial charge < -0.3 is 18.6 Å². The van der Waals surface area contributed by atoms with Crippen molar-refractivity contribution in [1.29, 1.82) is 0 Å². The van der Waals surface area contributed by atoms with E-state index in [1.807, 2.05) is 6.92 Å². The Morgan fingerprint density at radius 2 is 2.21 bits per heavy atom. The fourth-order valence-electron chi connectivity index (χ4n) is 1.62. The quantitative estimate of drug-likeness (QED) is 0.450. The van der Waals surface area contributed by atoms with Crippen LogP contribution in [0.1, 0.15) is 37.6 Å². The summed E-state index contributed by atoms with van der Waals surface area (Å²) in [6, 6.07) is 3.54. The molecule has 19 heavy (non-hydrogen) atoms. The number of furan rings is 1. The number of ether oxygens (including phenoxy) is 3. The van der Waals surface area contributed by atoms with Gasteiger partial charge in [0.2, 0.25) is 6.29 Å². The van der Waals surface area contributed by atoms with Gasteiger partial charge in [-0.1, -0.05) is 13.3 Å². The molecule has 2 heterocycles. The van der Waals surface area contributed by atoms with Crippen LogP contribution in [0.15, 0.2) is 22.6 Å². The van der Waals surface area contributed by atoms with E-state index in [0.717, 1.165) is 12.8 Å². The van der Waals surface area contributed by atoms with Crippen molar-refractivity contribution >= 4 is 12.0 Å². The van der Waals surface area contributed by atoms with Gasteiger partial charge >= 0.3 is 5.97 Å². The lowest BCUT2D eigenvalue weighted by Gasteiger charge is -2.03. The summed E-state index contributed by atoms with van der Waals surface area (Å²) >= 11 is 0. The van der Waals surface area contributed by atoms with Gasteiger partial charge in [0.1, 0.15) is 5.76 Å². The van der Waals surface area contributed by atoms with Crippen LogP contribution in [0.3, 0.4) is 0 Å². The van der Waals surface area contributed by atoms with Gasteiger partial charge in [0, 0.05) is 6.08 Å². The Hall–Kier alpha value is -1.59. The highest BCUT2D eigenvalue weighted by atomic mass is 16.7. The smallest absolute Gasteiger partial charge is 0.330 e. The van der Waals surface area contributed by atoms with Gasteiger partial charge in [0.15, 0.2) is 5.76 Å². The molecule has 0 bridgehead atoms. The lowest BCUT2D eigenvalue weighted by molar-refractivity contribution is -0.137. The fourth-order valence-corrected chi connectivity index (χ4v) is 1.62. The SMILES string of the molecule is CCCCOC(=O)/C=C/c1ccc(C2OCCO2)o1. The zero-order chi connectivity index (χ0) is 13.5. The number of rotatable bonds is 6. The van der Waals surface area contributed by atoms with Crippen LogP contribution in [0.2, 0.25) is 0 Å². The molecule has 0 radical (unpaired) electrons. The zero-order valence-corrected chi connectivity index (χ0v) is 11.0.